The molecule has 0 fully saturated rings. The molecule has 0 aliphatic rings. The van der Waals surface area contributed by atoms with E-state index in [0.717, 1.165) is 0 Å². The fourth-order valence-corrected chi connectivity index (χ4v) is 2.40. The molecule has 2 aromatic rings. The molecular formula is C13H12FNO3S. The lowest BCUT2D eigenvalue weighted by Crippen LogP contribution is -2.04. The van der Waals surface area contributed by atoms with Crippen molar-refractivity contribution in [2.75, 3.05) is 12.4 Å². The van der Waals surface area contributed by atoms with E-state index in [2.05, 4.69) is 5.32 Å². The Hall–Kier alpha value is -2.08. The summed E-state index contributed by atoms with van der Waals surface area (Å²) in [6, 6.07) is 6.24. The second-order valence-corrected chi connectivity index (χ2v) is 4.70. The Bertz CT molecular complexity index is 597. The van der Waals surface area contributed by atoms with Gasteiger partial charge in [0, 0.05) is 18.3 Å². The lowest BCUT2D eigenvalue weighted by molar-refractivity contribution is 0.0701. The van der Waals surface area contributed by atoms with E-state index in [0.29, 0.717) is 22.7 Å². The molecule has 0 atom stereocenters. The topological polar surface area (TPSA) is 58.6 Å². The molecule has 100 valence electrons. The number of ether oxygens (including phenoxy) is 1. The zero-order chi connectivity index (χ0) is 13.8. The summed E-state index contributed by atoms with van der Waals surface area (Å²) in [6.45, 7) is 0.330. The first kappa shape index (κ1) is 13.4. The van der Waals surface area contributed by atoms with Gasteiger partial charge in [0.05, 0.1) is 7.11 Å². The van der Waals surface area contributed by atoms with Crippen molar-refractivity contribution in [1.29, 1.82) is 0 Å². The first-order valence-corrected chi connectivity index (χ1v) is 6.37. The minimum atomic E-state index is -0.951. The second kappa shape index (κ2) is 5.71. The first-order valence-electron chi connectivity index (χ1n) is 5.49. The summed E-state index contributed by atoms with van der Waals surface area (Å²) in [5, 5.41) is 13.7. The number of nitrogens with one attached hydrogen (secondary N) is 1. The number of carboxylic acid groups (broad SMARTS) is 1. The van der Waals surface area contributed by atoms with Crippen LogP contribution in [0, 0.1) is 5.82 Å². The number of hydrogen-bond donors (Lipinski definition) is 2. The number of carbonyl (C=O) groups is 1. The Labute approximate surface area is 113 Å². The summed E-state index contributed by atoms with van der Waals surface area (Å²) in [5.74, 6) is -1.24. The van der Waals surface area contributed by atoms with Gasteiger partial charge >= 0.3 is 5.97 Å². The van der Waals surface area contributed by atoms with Gasteiger partial charge < -0.3 is 15.2 Å². The van der Waals surface area contributed by atoms with Crippen LogP contribution in [0.5, 0.6) is 5.75 Å². The van der Waals surface area contributed by atoms with E-state index in [1.807, 2.05) is 0 Å². The Kier molecular flexibility index (Phi) is 4.01. The van der Waals surface area contributed by atoms with Gasteiger partial charge in [-0.1, -0.05) is 0 Å². The van der Waals surface area contributed by atoms with Crippen LogP contribution in [0.4, 0.5) is 10.1 Å². The van der Waals surface area contributed by atoms with Crippen molar-refractivity contribution in [3.05, 3.63) is 45.9 Å². The third kappa shape index (κ3) is 3.03. The zero-order valence-electron chi connectivity index (χ0n) is 10.1. The number of thiophene rings is 1. The monoisotopic (exact) mass is 281 g/mol. The van der Waals surface area contributed by atoms with Crippen LogP contribution in [0.3, 0.4) is 0 Å². The van der Waals surface area contributed by atoms with Crippen molar-refractivity contribution < 1.29 is 19.0 Å². The van der Waals surface area contributed by atoms with Gasteiger partial charge in [0.1, 0.15) is 4.88 Å². The van der Waals surface area contributed by atoms with Crippen LogP contribution in [0.1, 0.15) is 15.2 Å². The van der Waals surface area contributed by atoms with Crippen LogP contribution in [-0.2, 0) is 6.54 Å². The summed E-state index contributed by atoms with van der Waals surface area (Å²) in [6.07, 6.45) is 0. The predicted octanol–water partition coefficient (Wildman–Crippen LogP) is 3.21. The van der Waals surface area contributed by atoms with Crippen LogP contribution in [-0.4, -0.2) is 18.2 Å². The van der Waals surface area contributed by atoms with Crippen LogP contribution < -0.4 is 10.1 Å². The van der Waals surface area contributed by atoms with Crippen molar-refractivity contribution in [2.24, 2.45) is 0 Å². The number of halogens is 1. The normalized spacial score (nSPS) is 10.2. The molecular weight excluding hydrogens is 269 g/mol. The molecule has 0 saturated carbocycles. The van der Waals surface area contributed by atoms with Gasteiger partial charge in [-0.3, -0.25) is 0 Å². The van der Waals surface area contributed by atoms with Gasteiger partial charge in [-0.25, -0.2) is 9.18 Å². The van der Waals surface area contributed by atoms with Crippen LogP contribution >= 0.6 is 11.3 Å². The summed E-state index contributed by atoms with van der Waals surface area (Å²) >= 11 is 1.17. The number of benzene rings is 1. The standard InChI is InChI=1S/C13H12FNO3S/c1-18-11-3-2-9(6-10(11)14)15-7-8-4-5-19-12(8)13(16)17/h2-6,15H,7H2,1H3,(H,16,17). The SMILES string of the molecule is COc1ccc(NCc2ccsc2C(=O)O)cc1F. The number of rotatable bonds is 5. The molecule has 2 rings (SSSR count). The molecule has 1 heterocycles. The van der Waals surface area contributed by atoms with Crippen molar-refractivity contribution in [3.63, 3.8) is 0 Å². The Morgan fingerprint density at radius 2 is 2.26 bits per heavy atom. The van der Waals surface area contributed by atoms with Crippen molar-refractivity contribution in [2.45, 2.75) is 6.54 Å². The molecule has 19 heavy (non-hydrogen) atoms. The molecule has 0 saturated heterocycles. The largest absolute Gasteiger partial charge is 0.494 e. The Balaban J connectivity index is 2.08. The van der Waals surface area contributed by atoms with Gasteiger partial charge in [-0.05, 0) is 29.1 Å². The maximum atomic E-state index is 13.5. The Morgan fingerprint density at radius 3 is 2.89 bits per heavy atom. The quantitative estimate of drug-likeness (QED) is 0.883. The minimum Gasteiger partial charge on any atom is -0.494 e. The van der Waals surface area contributed by atoms with Crippen molar-refractivity contribution in [1.82, 2.24) is 0 Å². The van der Waals surface area contributed by atoms with E-state index in [4.69, 9.17) is 9.84 Å². The molecule has 0 aliphatic carbocycles. The van der Waals surface area contributed by atoms with E-state index < -0.39 is 11.8 Å². The van der Waals surface area contributed by atoms with E-state index in [-0.39, 0.29) is 5.75 Å². The van der Waals surface area contributed by atoms with Crippen molar-refractivity contribution >= 4 is 23.0 Å². The Morgan fingerprint density at radius 1 is 1.47 bits per heavy atom. The van der Waals surface area contributed by atoms with Gasteiger partial charge in [0.25, 0.3) is 0 Å². The highest BCUT2D eigenvalue weighted by Crippen LogP contribution is 2.22. The summed E-state index contributed by atoms with van der Waals surface area (Å²) in [4.78, 5) is 11.2. The number of aromatic carboxylic acids is 1. The van der Waals surface area contributed by atoms with Gasteiger partial charge in [0.2, 0.25) is 0 Å². The van der Waals surface area contributed by atoms with E-state index >= 15 is 0 Å². The molecule has 0 radical (unpaired) electrons. The summed E-state index contributed by atoms with van der Waals surface area (Å²) in [7, 11) is 1.40. The molecule has 0 spiro atoms. The molecule has 0 aliphatic heterocycles. The zero-order valence-corrected chi connectivity index (χ0v) is 11.0. The molecule has 4 nitrogen and oxygen atoms in total. The predicted molar refractivity (Wildman–Crippen MR) is 71.6 cm³/mol. The lowest BCUT2D eigenvalue weighted by atomic mass is 10.2. The number of carboxylic acids is 1. The smallest absolute Gasteiger partial charge is 0.346 e. The third-order valence-corrected chi connectivity index (χ3v) is 3.52. The highest BCUT2D eigenvalue weighted by Gasteiger charge is 2.11. The van der Waals surface area contributed by atoms with Gasteiger partial charge in [0.15, 0.2) is 11.6 Å². The highest BCUT2D eigenvalue weighted by atomic mass is 32.1. The second-order valence-electron chi connectivity index (χ2n) is 3.78. The molecule has 6 heteroatoms. The molecule has 2 N–H and O–H groups in total. The number of hydrogen-bond acceptors (Lipinski definition) is 4. The van der Waals surface area contributed by atoms with Crippen molar-refractivity contribution in [3.8, 4) is 5.75 Å². The van der Waals surface area contributed by atoms with Gasteiger partial charge in [-0.15, -0.1) is 11.3 Å². The number of methoxy groups -OCH3 is 1. The fraction of sp³-hybridized carbons (Fsp3) is 0.154. The van der Waals surface area contributed by atoms with E-state index in [1.54, 1.807) is 17.5 Å². The maximum Gasteiger partial charge on any atom is 0.346 e. The lowest BCUT2D eigenvalue weighted by Gasteiger charge is -2.08. The minimum absolute atomic E-state index is 0.173. The van der Waals surface area contributed by atoms with Crippen LogP contribution in [0.25, 0.3) is 0 Å². The highest BCUT2D eigenvalue weighted by molar-refractivity contribution is 7.12. The number of anilines is 1. The van der Waals surface area contributed by atoms with Gasteiger partial charge in [-0.2, -0.15) is 0 Å². The summed E-state index contributed by atoms with van der Waals surface area (Å²) < 4.78 is 18.3. The van der Waals surface area contributed by atoms with Crippen LogP contribution in [0.2, 0.25) is 0 Å². The van der Waals surface area contributed by atoms with E-state index in [1.165, 1.54) is 30.6 Å². The average molecular weight is 281 g/mol. The molecule has 1 aromatic heterocycles. The molecule has 0 amide bonds. The van der Waals surface area contributed by atoms with Crippen LogP contribution in [0.15, 0.2) is 29.6 Å². The van der Waals surface area contributed by atoms with E-state index in [9.17, 15) is 9.18 Å². The maximum absolute atomic E-state index is 13.5. The molecule has 1 aromatic carbocycles. The summed E-state index contributed by atoms with van der Waals surface area (Å²) in [5.41, 5.74) is 1.24. The average Bonchev–Trinajstić information content (AvgIpc) is 2.85. The molecule has 0 unspecified atom stereocenters. The molecule has 0 bridgehead atoms. The first-order chi connectivity index (χ1) is 9.11. The third-order valence-electron chi connectivity index (χ3n) is 2.58. The fourth-order valence-electron chi connectivity index (χ4n) is 1.64.